The Bertz CT molecular complexity index is 1170. The number of aromatic nitrogens is 4. The normalized spacial score (nSPS) is 21.9. The van der Waals surface area contributed by atoms with Crippen molar-refractivity contribution in [3.8, 4) is 11.4 Å². The van der Waals surface area contributed by atoms with Crippen LogP contribution in [0.5, 0.6) is 0 Å². The molecule has 0 aliphatic carbocycles. The molecule has 3 aromatic rings. The van der Waals surface area contributed by atoms with Gasteiger partial charge in [0, 0.05) is 36.4 Å². The number of nitrogens with one attached hydrogen (secondary N) is 1. The minimum absolute atomic E-state index is 0.0667. The van der Waals surface area contributed by atoms with Crippen molar-refractivity contribution in [3.63, 3.8) is 0 Å². The van der Waals surface area contributed by atoms with Crippen LogP contribution in [0.25, 0.3) is 11.4 Å². The topological polar surface area (TPSA) is 83.9 Å². The second-order valence-corrected chi connectivity index (χ2v) is 8.05. The molecule has 1 aromatic carbocycles. The lowest BCUT2D eigenvalue weighted by molar-refractivity contribution is -0.138. The summed E-state index contributed by atoms with van der Waals surface area (Å²) in [5.74, 6) is -0.489. The maximum Gasteiger partial charge on any atom is 0.419 e. The van der Waals surface area contributed by atoms with Crippen LogP contribution in [0.4, 0.5) is 23.5 Å². The highest BCUT2D eigenvalue weighted by molar-refractivity contribution is 6.01. The van der Waals surface area contributed by atoms with Gasteiger partial charge in [0.1, 0.15) is 5.82 Å². The Balaban J connectivity index is 1.39. The molecule has 33 heavy (non-hydrogen) atoms. The Morgan fingerprint density at radius 2 is 1.79 bits per heavy atom. The van der Waals surface area contributed by atoms with Crippen LogP contribution in [-0.2, 0) is 6.18 Å². The maximum atomic E-state index is 14.1. The molecule has 0 unspecified atom stereocenters. The molecular weight excluding hydrogens is 440 g/mol. The van der Waals surface area contributed by atoms with Crippen LogP contribution in [0.15, 0.2) is 49.1 Å². The van der Waals surface area contributed by atoms with Gasteiger partial charge in [0.05, 0.1) is 23.2 Å². The van der Waals surface area contributed by atoms with Gasteiger partial charge in [-0.1, -0.05) is 0 Å². The Hall–Kier alpha value is -3.63. The zero-order chi connectivity index (χ0) is 23.2. The van der Waals surface area contributed by atoms with Crippen molar-refractivity contribution in [2.75, 3.05) is 5.32 Å². The largest absolute Gasteiger partial charge is 0.419 e. The average Bonchev–Trinajstić information content (AvgIpc) is 3.36. The number of nitrogens with zero attached hydrogens (tertiary/aromatic N) is 5. The lowest BCUT2D eigenvalue weighted by Crippen LogP contribution is -2.40. The predicted molar refractivity (Wildman–Crippen MR) is 109 cm³/mol. The molecule has 2 aromatic heterocycles. The fraction of sp³-hybridized carbons (Fsp3) is 0.318. The van der Waals surface area contributed by atoms with Gasteiger partial charge in [-0.05, 0) is 43.5 Å². The third-order valence-electron chi connectivity index (χ3n) is 6.08. The van der Waals surface area contributed by atoms with E-state index >= 15 is 0 Å². The highest BCUT2D eigenvalue weighted by Gasteiger charge is 2.49. The number of fused-ring (bicyclic) bond motifs is 2. The molecule has 2 fully saturated rings. The molecule has 7 nitrogen and oxygen atoms in total. The van der Waals surface area contributed by atoms with E-state index in [-0.39, 0.29) is 35.5 Å². The molecule has 3 atom stereocenters. The summed E-state index contributed by atoms with van der Waals surface area (Å²) < 4.78 is 52.3. The summed E-state index contributed by atoms with van der Waals surface area (Å²) >= 11 is 0. The second-order valence-electron chi connectivity index (χ2n) is 8.05. The van der Waals surface area contributed by atoms with Crippen molar-refractivity contribution in [1.29, 1.82) is 0 Å². The van der Waals surface area contributed by atoms with E-state index in [9.17, 15) is 22.4 Å². The number of hydrogen-bond donors (Lipinski definition) is 1. The highest BCUT2D eigenvalue weighted by Crippen LogP contribution is 2.41. The van der Waals surface area contributed by atoms with Crippen molar-refractivity contribution in [2.45, 2.75) is 43.6 Å². The van der Waals surface area contributed by atoms with Gasteiger partial charge in [-0.3, -0.25) is 4.79 Å². The second kappa shape index (κ2) is 8.05. The molecule has 11 heteroatoms. The number of rotatable bonds is 4. The highest BCUT2D eigenvalue weighted by atomic mass is 19.4. The molecule has 0 saturated carbocycles. The third-order valence-corrected chi connectivity index (χ3v) is 6.08. The van der Waals surface area contributed by atoms with Crippen LogP contribution in [0.2, 0.25) is 0 Å². The van der Waals surface area contributed by atoms with Gasteiger partial charge in [0.15, 0.2) is 5.82 Å². The van der Waals surface area contributed by atoms with Crippen LogP contribution in [0, 0.1) is 5.82 Å². The summed E-state index contributed by atoms with van der Waals surface area (Å²) in [5.41, 5.74) is -0.326. The zero-order valence-electron chi connectivity index (χ0n) is 17.1. The molecule has 4 heterocycles. The summed E-state index contributed by atoms with van der Waals surface area (Å²) in [6, 6.07) is 5.05. The zero-order valence-corrected chi connectivity index (χ0v) is 17.1. The third kappa shape index (κ3) is 3.98. The molecule has 2 saturated heterocycles. The van der Waals surface area contributed by atoms with Crippen molar-refractivity contribution in [2.24, 2.45) is 0 Å². The minimum Gasteiger partial charge on any atom is -0.349 e. The Morgan fingerprint density at radius 3 is 2.48 bits per heavy atom. The first-order valence-corrected chi connectivity index (χ1v) is 10.4. The molecule has 2 bridgehead atoms. The van der Waals surface area contributed by atoms with Gasteiger partial charge in [-0.2, -0.15) is 13.2 Å². The first-order valence-electron chi connectivity index (χ1n) is 10.4. The number of amides is 1. The van der Waals surface area contributed by atoms with E-state index in [1.54, 1.807) is 23.4 Å². The molecule has 170 valence electrons. The van der Waals surface area contributed by atoms with Crippen LogP contribution >= 0.6 is 0 Å². The predicted octanol–water partition coefficient (Wildman–Crippen LogP) is 3.95. The van der Waals surface area contributed by atoms with E-state index in [1.165, 1.54) is 18.2 Å². The Morgan fingerprint density at radius 1 is 1.06 bits per heavy atom. The lowest BCUT2D eigenvalue weighted by Gasteiger charge is -2.26. The van der Waals surface area contributed by atoms with Gasteiger partial charge < -0.3 is 10.2 Å². The first-order chi connectivity index (χ1) is 15.8. The molecule has 1 N–H and O–H groups in total. The molecule has 0 spiro atoms. The quantitative estimate of drug-likeness (QED) is 0.596. The summed E-state index contributed by atoms with van der Waals surface area (Å²) in [4.78, 5) is 31.2. The summed E-state index contributed by atoms with van der Waals surface area (Å²) in [5, 5.41) is 3.06. The van der Waals surface area contributed by atoms with Crippen molar-refractivity contribution in [1.82, 2.24) is 24.8 Å². The van der Waals surface area contributed by atoms with Crippen molar-refractivity contribution in [3.05, 3.63) is 66.0 Å². The lowest BCUT2D eigenvalue weighted by atomic mass is 9.96. The van der Waals surface area contributed by atoms with Crippen molar-refractivity contribution < 1.29 is 22.4 Å². The SMILES string of the molecule is O=C(c1cc(F)ccc1-c1ncccn1)N1[C@@H]2CC[C@H]1[C@H](Nc1ncc(C(F)(F)F)cn1)C2. The summed E-state index contributed by atoms with van der Waals surface area (Å²) in [6.07, 6.45) is 2.12. The van der Waals surface area contributed by atoms with Gasteiger partial charge in [0.25, 0.3) is 5.91 Å². The smallest absolute Gasteiger partial charge is 0.349 e. The van der Waals surface area contributed by atoms with Crippen LogP contribution in [0.3, 0.4) is 0 Å². The number of hydrogen-bond acceptors (Lipinski definition) is 6. The molecule has 0 radical (unpaired) electrons. The van der Waals surface area contributed by atoms with Gasteiger partial charge in [-0.15, -0.1) is 0 Å². The average molecular weight is 458 g/mol. The van der Waals surface area contributed by atoms with E-state index in [4.69, 9.17) is 0 Å². The van der Waals surface area contributed by atoms with E-state index in [2.05, 4.69) is 25.3 Å². The van der Waals surface area contributed by atoms with Gasteiger partial charge >= 0.3 is 6.18 Å². The van der Waals surface area contributed by atoms with Crippen LogP contribution < -0.4 is 5.32 Å². The molecular formula is C22H18F4N6O. The number of carbonyl (C=O) groups excluding carboxylic acids is 1. The fourth-order valence-electron chi connectivity index (χ4n) is 4.64. The fourth-order valence-corrected chi connectivity index (χ4v) is 4.64. The number of alkyl halides is 3. The van der Waals surface area contributed by atoms with E-state index < -0.39 is 17.6 Å². The summed E-state index contributed by atoms with van der Waals surface area (Å²) in [7, 11) is 0. The molecule has 1 amide bonds. The minimum atomic E-state index is -4.51. The molecule has 5 rings (SSSR count). The Kier molecular flexibility index (Phi) is 5.18. The standard InChI is InChI=1S/C22H18F4N6O/c23-13-2-4-15(19-27-6-1-7-28-19)16(8-13)20(33)32-14-3-5-18(32)17(9-14)31-21-29-10-12(11-30-21)22(24,25)26/h1-2,4,6-8,10-11,14,17-18H,3,5,9H2,(H,29,30,31)/t14-,17-,18+/m1/s1. The monoisotopic (exact) mass is 458 g/mol. The maximum absolute atomic E-state index is 14.1. The molecule has 2 aliphatic heterocycles. The number of carbonyl (C=O) groups is 1. The van der Waals surface area contributed by atoms with Gasteiger partial charge in [0.2, 0.25) is 5.95 Å². The number of anilines is 1. The summed E-state index contributed by atoms with van der Waals surface area (Å²) in [6.45, 7) is 0. The van der Waals surface area contributed by atoms with Gasteiger partial charge in [-0.25, -0.2) is 24.3 Å². The van der Waals surface area contributed by atoms with E-state index in [0.29, 0.717) is 24.2 Å². The number of benzene rings is 1. The first kappa shape index (κ1) is 21.2. The Labute approximate surface area is 185 Å². The van der Waals surface area contributed by atoms with E-state index in [1.807, 2.05) is 0 Å². The number of halogens is 4. The van der Waals surface area contributed by atoms with Crippen LogP contribution in [-0.4, -0.2) is 48.9 Å². The van der Waals surface area contributed by atoms with Crippen molar-refractivity contribution >= 4 is 11.9 Å². The van der Waals surface area contributed by atoms with E-state index in [0.717, 1.165) is 18.8 Å². The molecule has 2 aliphatic rings. The van der Waals surface area contributed by atoms with Crippen LogP contribution in [0.1, 0.15) is 35.2 Å².